The molecule has 1 atom stereocenters. The van der Waals surface area contributed by atoms with Crippen molar-refractivity contribution in [3.05, 3.63) is 65.2 Å². The number of primary sulfonamides is 1. The number of hydrogen-bond acceptors (Lipinski definition) is 3. The van der Waals surface area contributed by atoms with Gasteiger partial charge in [-0.05, 0) is 41.2 Å². The van der Waals surface area contributed by atoms with Gasteiger partial charge in [-0.1, -0.05) is 57.2 Å². The Morgan fingerprint density at radius 3 is 2.25 bits per heavy atom. The predicted octanol–water partition coefficient (Wildman–Crippen LogP) is 3.48. The maximum atomic E-state index is 11.5. The highest BCUT2D eigenvalue weighted by atomic mass is 32.2. The molecule has 0 radical (unpaired) electrons. The zero-order chi connectivity index (χ0) is 18.0. The van der Waals surface area contributed by atoms with Crippen LogP contribution in [0.25, 0.3) is 0 Å². The van der Waals surface area contributed by atoms with Gasteiger partial charge in [-0.2, -0.15) is 0 Å². The van der Waals surface area contributed by atoms with E-state index in [1.165, 1.54) is 17.2 Å². The first-order valence-corrected chi connectivity index (χ1v) is 9.57. The van der Waals surface area contributed by atoms with E-state index in [2.05, 4.69) is 50.4 Å². The molecule has 2 rings (SSSR count). The van der Waals surface area contributed by atoms with Crippen molar-refractivity contribution < 1.29 is 8.42 Å². The molecule has 0 saturated heterocycles. The Labute approximate surface area is 145 Å². The van der Waals surface area contributed by atoms with Crippen molar-refractivity contribution in [1.82, 2.24) is 5.32 Å². The largest absolute Gasteiger partial charge is 0.306 e. The van der Waals surface area contributed by atoms with Gasteiger partial charge >= 0.3 is 0 Å². The van der Waals surface area contributed by atoms with Gasteiger partial charge in [0.05, 0.1) is 4.90 Å². The highest BCUT2D eigenvalue weighted by Crippen LogP contribution is 2.22. The van der Waals surface area contributed by atoms with E-state index in [0.717, 1.165) is 5.56 Å². The van der Waals surface area contributed by atoms with Crippen LogP contribution in [0.15, 0.2) is 53.4 Å². The minimum absolute atomic E-state index is 0.0222. The van der Waals surface area contributed by atoms with Gasteiger partial charge in [0, 0.05) is 12.6 Å². The highest BCUT2D eigenvalue weighted by molar-refractivity contribution is 7.89. The molecular weight excluding hydrogens is 320 g/mol. The summed E-state index contributed by atoms with van der Waals surface area (Å²) < 4.78 is 22.9. The normalized spacial score (nSPS) is 13.7. The molecule has 2 aromatic rings. The minimum atomic E-state index is -3.67. The van der Waals surface area contributed by atoms with Crippen LogP contribution in [0.1, 0.15) is 50.4 Å². The maximum absolute atomic E-state index is 11.5. The van der Waals surface area contributed by atoms with Gasteiger partial charge in [0.25, 0.3) is 0 Å². The summed E-state index contributed by atoms with van der Waals surface area (Å²) in [4.78, 5) is 0.142. The highest BCUT2D eigenvalue weighted by Gasteiger charge is 2.14. The van der Waals surface area contributed by atoms with Crippen LogP contribution in [0.4, 0.5) is 0 Å². The lowest BCUT2D eigenvalue weighted by atomic mass is 9.87. The summed E-state index contributed by atoms with van der Waals surface area (Å²) in [5.74, 6) is 0. The lowest BCUT2D eigenvalue weighted by Gasteiger charge is -2.20. The van der Waals surface area contributed by atoms with E-state index in [-0.39, 0.29) is 16.4 Å². The van der Waals surface area contributed by atoms with Crippen LogP contribution in [-0.2, 0) is 22.0 Å². The molecule has 0 amide bonds. The third-order valence-electron chi connectivity index (χ3n) is 4.12. The quantitative estimate of drug-likeness (QED) is 0.870. The summed E-state index contributed by atoms with van der Waals surface area (Å²) in [5.41, 5.74) is 3.54. The Hall–Kier alpha value is -1.69. The Kier molecular flexibility index (Phi) is 5.48. The van der Waals surface area contributed by atoms with Gasteiger partial charge in [0.2, 0.25) is 10.0 Å². The molecule has 130 valence electrons. The summed E-state index contributed by atoms with van der Waals surface area (Å²) in [6.45, 7) is 9.30. The first-order chi connectivity index (χ1) is 11.1. The molecule has 0 spiro atoms. The molecular formula is C19H26N2O2S. The minimum Gasteiger partial charge on any atom is -0.306 e. The molecule has 4 nitrogen and oxygen atoms in total. The van der Waals surface area contributed by atoms with Crippen LogP contribution < -0.4 is 10.5 Å². The molecule has 2 aromatic carbocycles. The van der Waals surface area contributed by atoms with Crippen molar-refractivity contribution in [3.63, 3.8) is 0 Å². The van der Waals surface area contributed by atoms with Crippen LogP contribution in [0, 0.1) is 0 Å². The second kappa shape index (κ2) is 7.05. The zero-order valence-corrected chi connectivity index (χ0v) is 15.5. The van der Waals surface area contributed by atoms with Crippen molar-refractivity contribution in [2.24, 2.45) is 5.14 Å². The molecule has 0 aliphatic heterocycles. The molecule has 0 bridgehead atoms. The molecule has 3 N–H and O–H groups in total. The Balaban J connectivity index is 2.04. The fourth-order valence-electron chi connectivity index (χ4n) is 2.47. The first kappa shape index (κ1) is 18.6. The third-order valence-corrected chi connectivity index (χ3v) is 5.03. The molecule has 0 saturated carbocycles. The summed E-state index contributed by atoms with van der Waals surface area (Å²) in [7, 11) is -3.67. The Morgan fingerprint density at radius 1 is 1.08 bits per heavy atom. The summed E-state index contributed by atoms with van der Waals surface area (Å²) in [6, 6.07) is 15.3. The fraction of sp³-hybridized carbons (Fsp3) is 0.368. The lowest BCUT2D eigenvalue weighted by molar-refractivity contribution is 0.569. The van der Waals surface area contributed by atoms with Gasteiger partial charge in [0.15, 0.2) is 0 Å². The van der Waals surface area contributed by atoms with Crippen molar-refractivity contribution in [1.29, 1.82) is 0 Å². The number of nitrogens with one attached hydrogen (secondary N) is 1. The summed E-state index contributed by atoms with van der Waals surface area (Å²) in [6.07, 6.45) is 0. The van der Waals surface area contributed by atoms with Crippen LogP contribution in [0.5, 0.6) is 0 Å². The summed E-state index contributed by atoms with van der Waals surface area (Å²) in [5, 5.41) is 8.61. The smallest absolute Gasteiger partial charge is 0.238 e. The number of nitrogens with two attached hydrogens (primary N) is 1. The molecule has 5 heteroatoms. The second-order valence-corrected chi connectivity index (χ2v) is 8.73. The van der Waals surface area contributed by atoms with Crippen LogP contribution in [0.3, 0.4) is 0 Å². The molecule has 0 aliphatic rings. The number of benzene rings is 2. The van der Waals surface area contributed by atoms with E-state index in [1.807, 2.05) is 13.0 Å². The van der Waals surface area contributed by atoms with Crippen molar-refractivity contribution in [2.75, 3.05) is 0 Å². The SMILES string of the molecule is C[C@@H](NCc1ccc(C(C)(C)C)cc1)c1cccc(S(N)(=O)=O)c1. The number of rotatable bonds is 5. The van der Waals surface area contributed by atoms with Crippen molar-refractivity contribution in [2.45, 2.75) is 50.6 Å². The second-order valence-electron chi connectivity index (χ2n) is 7.17. The summed E-state index contributed by atoms with van der Waals surface area (Å²) >= 11 is 0. The average Bonchev–Trinajstić information content (AvgIpc) is 2.51. The molecule has 24 heavy (non-hydrogen) atoms. The van der Waals surface area contributed by atoms with Gasteiger partial charge in [-0.3, -0.25) is 0 Å². The molecule has 0 aromatic heterocycles. The van der Waals surface area contributed by atoms with Gasteiger partial charge in [-0.15, -0.1) is 0 Å². The van der Waals surface area contributed by atoms with Crippen molar-refractivity contribution >= 4 is 10.0 Å². The van der Waals surface area contributed by atoms with Crippen LogP contribution in [-0.4, -0.2) is 8.42 Å². The zero-order valence-electron chi connectivity index (χ0n) is 14.7. The number of sulfonamides is 1. The third kappa shape index (κ3) is 4.90. The van der Waals surface area contributed by atoms with Gasteiger partial charge < -0.3 is 5.32 Å². The van der Waals surface area contributed by atoms with Crippen molar-refractivity contribution in [3.8, 4) is 0 Å². The van der Waals surface area contributed by atoms with Crippen LogP contribution in [0.2, 0.25) is 0 Å². The first-order valence-electron chi connectivity index (χ1n) is 8.03. The molecule has 0 heterocycles. The van der Waals surface area contributed by atoms with E-state index in [4.69, 9.17) is 5.14 Å². The molecule has 0 aliphatic carbocycles. The van der Waals surface area contributed by atoms with Gasteiger partial charge in [0.1, 0.15) is 0 Å². The average molecular weight is 346 g/mol. The molecule has 0 unspecified atom stereocenters. The van der Waals surface area contributed by atoms with E-state index >= 15 is 0 Å². The standard InChI is InChI=1S/C19H26N2O2S/c1-14(16-6-5-7-18(12-16)24(20,22)23)21-13-15-8-10-17(11-9-15)19(2,3)4/h5-12,14,21H,13H2,1-4H3,(H2,20,22,23)/t14-/m1/s1. The van der Waals surface area contributed by atoms with Crippen LogP contribution >= 0.6 is 0 Å². The van der Waals surface area contributed by atoms with E-state index in [9.17, 15) is 8.42 Å². The Morgan fingerprint density at radius 2 is 1.71 bits per heavy atom. The van der Waals surface area contributed by atoms with Gasteiger partial charge in [-0.25, -0.2) is 13.6 Å². The Bertz CT molecular complexity index is 791. The van der Waals surface area contributed by atoms with E-state index in [1.54, 1.807) is 12.1 Å². The number of hydrogen-bond donors (Lipinski definition) is 2. The fourth-order valence-corrected chi connectivity index (χ4v) is 3.04. The van der Waals surface area contributed by atoms with E-state index < -0.39 is 10.0 Å². The topological polar surface area (TPSA) is 72.2 Å². The monoisotopic (exact) mass is 346 g/mol. The maximum Gasteiger partial charge on any atom is 0.238 e. The molecule has 0 fully saturated rings. The lowest BCUT2D eigenvalue weighted by Crippen LogP contribution is -2.19. The predicted molar refractivity (Wildman–Crippen MR) is 98.2 cm³/mol. The van der Waals surface area contributed by atoms with E-state index in [0.29, 0.717) is 6.54 Å².